The first-order valence-electron chi connectivity index (χ1n) is 7.96. The number of anilines is 3. The molecule has 9 nitrogen and oxygen atoms in total. The Hall–Kier alpha value is -2.94. The number of hydrogen-bond acceptors (Lipinski definition) is 9. The van der Waals surface area contributed by atoms with Crippen molar-refractivity contribution in [3.63, 3.8) is 0 Å². The van der Waals surface area contributed by atoms with Crippen LogP contribution in [0.5, 0.6) is 5.75 Å². The summed E-state index contributed by atoms with van der Waals surface area (Å²) in [6.07, 6.45) is 1.52. The van der Waals surface area contributed by atoms with Gasteiger partial charge in [0.15, 0.2) is 0 Å². The Labute approximate surface area is 146 Å². The molecule has 2 aromatic rings. The molecular weight excluding hydrogens is 322 g/mol. The van der Waals surface area contributed by atoms with Crippen molar-refractivity contribution < 1.29 is 9.84 Å². The summed E-state index contributed by atoms with van der Waals surface area (Å²) in [5.74, 6) is 1.62. The third kappa shape index (κ3) is 4.32. The average molecular weight is 343 g/mol. The Balaban J connectivity index is 1.80. The van der Waals surface area contributed by atoms with E-state index in [1.165, 1.54) is 6.21 Å². The van der Waals surface area contributed by atoms with Gasteiger partial charge in [-0.25, -0.2) is 5.43 Å². The van der Waals surface area contributed by atoms with E-state index in [9.17, 15) is 5.11 Å². The second-order valence-electron chi connectivity index (χ2n) is 5.68. The predicted octanol–water partition coefficient (Wildman–Crippen LogP) is 0.926. The molecule has 0 bridgehead atoms. The average Bonchev–Trinajstić information content (AvgIpc) is 2.64. The van der Waals surface area contributed by atoms with Crippen LogP contribution in [0.2, 0.25) is 0 Å². The second kappa shape index (κ2) is 7.75. The topological polar surface area (TPSA) is 99.0 Å². The minimum atomic E-state index is 0.159. The number of aromatic hydroxyl groups is 1. The lowest BCUT2D eigenvalue weighted by Gasteiger charge is -2.27. The molecule has 0 spiro atoms. The number of phenols is 1. The normalized spacial score (nSPS) is 14.7. The van der Waals surface area contributed by atoms with Gasteiger partial charge in [-0.15, -0.1) is 0 Å². The van der Waals surface area contributed by atoms with E-state index in [1.807, 2.05) is 25.1 Å². The standard InChI is InChI=1S/C16H21N7O2/c1-22(2)15-18-14(19-16(20-15)23-7-9-25-10-8-23)21-17-11-12-5-3-4-6-13(12)24/h3-6,11,24H,7-10H2,1-2H3,(H,18,19,20,21)/b17-11+. The third-order valence-electron chi connectivity index (χ3n) is 3.61. The molecule has 1 saturated heterocycles. The summed E-state index contributed by atoms with van der Waals surface area (Å²) in [7, 11) is 3.74. The molecule has 0 atom stereocenters. The minimum absolute atomic E-state index is 0.159. The van der Waals surface area contributed by atoms with Gasteiger partial charge in [-0.1, -0.05) is 12.1 Å². The molecule has 0 aliphatic carbocycles. The van der Waals surface area contributed by atoms with E-state index in [-0.39, 0.29) is 5.75 Å². The number of morpholine rings is 1. The van der Waals surface area contributed by atoms with Crippen LogP contribution in [0.3, 0.4) is 0 Å². The van der Waals surface area contributed by atoms with Crippen molar-refractivity contribution in [1.82, 2.24) is 15.0 Å². The van der Waals surface area contributed by atoms with Crippen LogP contribution in [0, 0.1) is 0 Å². The fourth-order valence-corrected chi connectivity index (χ4v) is 2.26. The van der Waals surface area contributed by atoms with E-state index in [1.54, 1.807) is 18.2 Å². The zero-order valence-electron chi connectivity index (χ0n) is 14.3. The molecule has 0 amide bonds. The molecule has 1 aliphatic rings. The Morgan fingerprint density at radius 1 is 1.20 bits per heavy atom. The van der Waals surface area contributed by atoms with Gasteiger partial charge in [0.1, 0.15) is 5.75 Å². The van der Waals surface area contributed by atoms with Gasteiger partial charge in [-0.05, 0) is 12.1 Å². The molecule has 2 N–H and O–H groups in total. The summed E-state index contributed by atoms with van der Waals surface area (Å²) in [6.45, 7) is 2.77. The van der Waals surface area contributed by atoms with E-state index in [0.717, 1.165) is 13.1 Å². The summed E-state index contributed by atoms with van der Waals surface area (Å²) in [5.41, 5.74) is 3.41. The summed E-state index contributed by atoms with van der Waals surface area (Å²) in [6, 6.07) is 6.94. The van der Waals surface area contributed by atoms with Gasteiger partial charge in [0.05, 0.1) is 19.4 Å². The van der Waals surface area contributed by atoms with E-state index in [4.69, 9.17) is 4.74 Å². The van der Waals surface area contributed by atoms with Crippen molar-refractivity contribution in [3.05, 3.63) is 29.8 Å². The molecule has 9 heteroatoms. The van der Waals surface area contributed by atoms with Gasteiger partial charge in [0.2, 0.25) is 17.8 Å². The van der Waals surface area contributed by atoms with E-state index in [0.29, 0.717) is 36.6 Å². The maximum absolute atomic E-state index is 9.75. The van der Waals surface area contributed by atoms with Crippen molar-refractivity contribution >= 4 is 24.1 Å². The number of benzene rings is 1. The maximum atomic E-state index is 9.75. The molecule has 1 fully saturated rings. The molecule has 0 unspecified atom stereocenters. The molecule has 0 saturated carbocycles. The molecule has 1 aliphatic heterocycles. The van der Waals surface area contributed by atoms with Crippen molar-refractivity contribution in [3.8, 4) is 5.75 Å². The maximum Gasteiger partial charge on any atom is 0.250 e. The van der Waals surface area contributed by atoms with Gasteiger partial charge >= 0.3 is 0 Å². The monoisotopic (exact) mass is 343 g/mol. The zero-order valence-corrected chi connectivity index (χ0v) is 14.3. The van der Waals surface area contributed by atoms with Crippen LogP contribution < -0.4 is 15.2 Å². The number of nitrogens with zero attached hydrogens (tertiary/aromatic N) is 6. The highest BCUT2D eigenvalue weighted by atomic mass is 16.5. The summed E-state index contributed by atoms with van der Waals surface area (Å²) in [5, 5.41) is 13.9. The Bertz CT molecular complexity index is 745. The molecule has 2 heterocycles. The van der Waals surface area contributed by atoms with Crippen LogP contribution >= 0.6 is 0 Å². The molecule has 1 aromatic carbocycles. The molecular formula is C16H21N7O2. The highest BCUT2D eigenvalue weighted by molar-refractivity contribution is 5.83. The van der Waals surface area contributed by atoms with Gasteiger partial charge in [0.25, 0.3) is 0 Å². The van der Waals surface area contributed by atoms with Crippen LogP contribution in [0.4, 0.5) is 17.8 Å². The number of para-hydroxylation sites is 1. The summed E-state index contributed by atoms with van der Waals surface area (Å²) >= 11 is 0. The fraction of sp³-hybridized carbons (Fsp3) is 0.375. The number of ether oxygens (including phenoxy) is 1. The Morgan fingerprint density at radius 3 is 2.68 bits per heavy atom. The molecule has 3 rings (SSSR count). The first kappa shape index (κ1) is 16.9. The Morgan fingerprint density at radius 2 is 1.96 bits per heavy atom. The first-order chi connectivity index (χ1) is 12.1. The van der Waals surface area contributed by atoms with Crippen LogP contribution in [-0.2, 0) is 4.74 Å². The van der Waals surface area contributed by atoms with Crippen molar-refractivity contribution in [2.45, 2.75) is 0 Å². The molecule has 25 heavy (non-hydrogen) atoms. The van der Waals surface area contributed by atoms with Gasteiger partial charge in [-0.2, -0.15) is 20.1 Å². The third-order valence-corrected chi connectivity index (χ3v) is 3.61. The van der Waals surface area contributed by atoms with E-state index in [2.05, 4.69) is 30.4 Å². The predicted molar refractivity (Wildman–Crippen MR) is 96.5 cm³/mol. The lowest BCUT2D eigenvalue weighted by molar-refractivity contribution is 0.122. The number of hydrogen-bond donors (Lipinski definition) is 2. The van der Waals surface area contributed by atoms with Crippen LogP contribution in [-0.4, -0.2) is 66.7 Å². The minimum Gasteiger partial charge on any atom is -0.507 e. The largest absolute Gasteiger partial charge is 0.507 e. The van der Waals surface area contributed by atoms with Gasteiger partial charge in [-0.3, -0.25) is 0 Å². The lowest BCUT2D eigenvalue weighted by atomic mass is 10.2. The Kier molecular flexibility index (Phi) is 5.24. The molecule has 1 aromatic heterocycles. The second-order valence-corrected chi connectivity index (χ2v) is 5.68. The number of nitrogens with one attached hydrogen (secondary N) is 1. The smallest absolute Gasteiger partial charge is 0.250 e. The highest BCUT2D eigenvalue weighted by Crippen LogP contribution is 2.17. The van der Waals surface area contributed by atoms with Gasteiger partial charge in [0, 0.05) is 32.7 Å². The first-order valence-corrected chi connectivity index (χ1v) is 7.96. The summed E-state index contributed by atoms with van der Waals surface area (Å²) < 4.78 is 5.37. The zero-order chi connectivity index (χ0) is 17.6. The summed E-state index contributed by atoms with van der Waals surface area (Å²) in [4.78, 5) is 17.1. The number of phenolic OH excluding ortho intramolecular Hbond substituents is 1. The van der Waals surface area contributed by atoms with Crippen molar-refractivity contribution in [1.29, 1.82) is 0 Å². The van der Waals surface area contributed by atoms with Crippen LogP contribution in [0.1, 0.15) is 5.56 Å². The van der Waals surface area contributed by atoms with Crippen molar-refractivity contribution in [2.75, 3.05) is 55.6 Å². The lowest BCUT2D eigenvalue weighted by Crippen LogP contribution is -2.37. The van der Waals surface area contributed by atoms with Crippen molar-refractivity contribution in [2.24, 2.45) is 5.10 Å². The molecule has 132 valence electrons. The van der Waals surface area contributed by atoms with Crippen LogP contribution in [0.15, 0.2) is 29.4 Å². The molecule has 0 radical (unpaired) electrons. The SMILES string of the molecule is CN(C)c1nc(N/N=C/c2ccccc2O)nc(N2CCOCC2)n1. The van der Waals surface area contributed by atoms with Crippen LogP contribution in [0.25, 0.3) is 0 Å². The number of rotatable bonds is 5. The highest BCUT2D eigenvalue weighted by Gasteiger charge is 2.17. The quantitative estimate of drug-likeness (QED) is 0.611. The number of hydrazone groups is 1. The van der Waals surface area contributed by atoms with E-state index < -0.39 is 0 Å². The van der Waals surface area contributed by atoms with E-state index >= 15 is 0 Å². The van der Waals surface area contributed by atoms with Gasteiger partial charge < -0.3 is 19.6 Å². The fourth-order valence-electron chi connectivity index (χ4n) is 2.26. The number of aromatic nitrogens is 3.